The van der Waals surface area contributed by atoms with Crippen LogP contribution in [-0.2, 0) is 13.2 Å². The lowest BCUT2D eigenvalue weighted by Gasteiger charge is -2.07. The smallest absolute Gasteiger partial charge is 0.278 e. The fraction of sp³-hybridized carbons (Fsp3) is 0.174. The molecule has 0 aliphatic carbocycles. The zero-order chi connectivity index (χ0) is 22.7. The molecule has 9 heteroatoms. The van der Waals surface area contributed by atoms with Crippen molar-refractivity contribution in [3.63, 3.8) is 0 Å². The Morgan fingerprint density at radius 1 is 1.22 bits per heavy atom. The third kappa shape index (κ3) is 4.97. The number of halogens is 2. The number of aromatic nitrogens is 3. The maximum Gasteiger partial charge on any atom is 0.278 e. The highest BCUT2D eigenvalue weighted by atomic mass is 35.5. The number of carbonyl (C=O) groups is 1. The lowest BCUT2D eigenvalue weighted by Crippen LogP contribution is -2.15. The van der Waals surface area contributed by atoms with E-state index in [0.717, 1.165) is 5.56 Å². The Morgan fingerprint density at radius 2 is 2.00 bits per heavy atom. The monoisotopic (exact) mass is 454 g/mol. The predicted octanol–water partition coefficient (Wildman–Crippen LogP) is 5.16. The molecule has 2 aromatic heterocycles. The maximum absolute atomic E-state index is 13.2. The van der Waals surface area contributed by atoms with E-state index in [4.69, 9.17) is 20.9 Å². The Balaban J connectivity index is 1.42. The molecule has 0 aliphatic heterocycles. The van der Waals surface area contributed by atoms with Gasteiger partial charge in [0.25, 0.3) is 5.91 Å². The van der Waals surface area contributed by atoms with Crippen molar-refractivity contribution < 1.29 is 18.4 Å². The molecule has 4 aromatic rings. The summed E-state index contributed by atoms with van der Waals surface area (Å²) >= 11 is 6.07. The van der Waals surface area contributed by atoms with Crippen LogP contribution in [0.5, 0.6) is 5.75 Å². The molecule has 1 N–H and O–H groups in total. The molecule has 0 spiro atoms. The molecule has 4 rings (SSSR count). The van der Waals surface area contributed by atoms with E-state index in [1.54, 1.807) is 23.9 Å². The van der Waals surface area contributed by atoms with E-state index >= 15 is 0 Å². The van der Waals surface area contributed by atoms with Gasteiger partial charge in [0.15, 0.2) is 5.69 Å². The minimum Gasteiger partial charge on any atom is -0.489 e. The number of benzene rings is 2. The summed E-state index contributed by atoms with van der Waals surface area (Å²) in [5.41, 5.74) is 3.01. The molecule has 7 nitrogen and oxygen atoms in total. The Kier molecular flexibility index (Phi) is 6.23. The first-order chi connectivity index (χ1) is 15.4. The molecule has 0 saturated carbocycles. The zero-order valence-electron chi connectivity index (χ0n) is 17.4. The number of aryl methyl sites for hydroxylation is 2. The molecule has 2 aromatic carbocycles. The molecule has 32 heavy (non-hydrogen) atoms. The fourth-order valence-electron chi connectivity index (χ4n) is 3.06. The number of hydrogen-bond acceptors (Lipinski definition) is 5. The Labute approximate surface area is 188 Å². The first-order valence-corrected chi connectivity index (χ1v) is 10.2. The van der Waals surface area contributed by atoms with Crippen molar-refractivity contribution in [3.8, 4) is 5.75 Å². The van der Waals surface area contributed by atoms with Crippen LogP contribution in [0.4, 0.5) is 10.1 Å². The molecule has 0 radical (unpaired) electrons. The second kappa shape index (κ2) is 9.23. The molecule has 0 saturated heterocycles. The molecule has 0 atom stereocenters. The van der Waals surface area contributed by atoms with Crippen LogP contribution in [-0.4, -0.2) is 20.8 Å². The summed E-state index contributed by atoms with van der Waals surface area (Å²) < 4.78 is 25.8. The van der Waals surface area contributed by atoms with Gasteiger partial charge in [-0.2, -0.15) is 5.10 Å². The third-order valence-electron chi connectivity index (χ3n) is 4.84. The van der Waals surface area contributed by atoms with Gasteiger partial charge in [-0.15, -0.1) is 0 Å². The maximum atomic E-state index is 13.2. The summed E-state index contributed by atoms with van der Waals surface area (Å²) in [6, 6.07) is 11.8. The summed E-state index contributed by atoms with van der Waals surface area (Å²) in [6.45, 7) is 4.19. The number of hydrogen-bond donors (Lipinski definition) is 1. The van der Waals surface area contributed by atoms with Gasteiger partial charge in [0.2, 0.25) is 0 Å². The first kappa shape index (κ1) is 21.6. The number of anilines is 1. The zero-order valence-corrected chi connectivity index (χ0v) is 18.2. The van der Waals surface area contributed by atoms with Crippen molar-refractivity contribution in [2.45, 2.75) is 27.0 Å². The SMILES string of the molecule is Cc1ccc(OCc2c(C(=O)Nc3cnn(Cc4ccc(F)cc4Cl)c3)noc2C)cc1. The van der Waals surface area contributed by atoms with Crippen molar-refractivity contribution in [2.75, 3.05) is 5.32 Å². The van der Waals surface area contributed by atoms with Crippen LogP contribution in [0.3, 0.4) is 0 Å². The molecule has 2 heterocycles. The normalized spacial score (nSPS) is 10.9. The van der Waals surface area contributed by atoms with Crippen molar-refractivity contribution >= 4 is 23.2 Å². The van der Waals surface area contributed by atoms with Crippen molar-refractivity contribution in [1.29, 1.82) is 0 Å². The quantitative estimate of drug-likeness (QED) is 0.417. The van der Waals surface area contributed by atoms with E-state index in [9.17, 15) is 9.18 Å². The van der Waals surface area contributed by atoms with E-state index in [1.165, 1.54) is 18.3 Å². The van der Waals surface area contributed by atoms with Crippen LogP contribution in [0, 0.1) is 19.7 Å². The number of amides is 1. The van der Waals surface area contributed by atoms with Crippen LogP contribution in [0.1, 0.15) is 32.9 Å². The minimum atomic E-state index is -0.441. The molecular formula is C23H20ClFN4O3. The van der Waals surface area contributed by atoms with Crippen LogP contribution in [0.25, 0.3) is 0 Å². The summed E-state index contributed by atoms with van der Waals surface area (Å²) in [5, 5.41) is 11.2. The first-order valence-electron chi connectivity index (χ1n) is 9.81. The topological polar surface area (TPSA) is 82.2 Å². The standard InChI is InChI=1S/C23H20ClFN4O3/c1-14-3-7-19(8-4-14)31-13-20-15(2)32-28-22(20)23(30)27-18-10-26-29(12-18)11-16-5-6-17(25)9-21(16)24/h3-10,12H,11,13H2,1-2H3,(H,27,30). The average Bonchev–Trinajstić information content (AvgIpc) is 3.36. The van der Waals surface area contributed by atoms with E-state index in [1.807, 2.05) is 31.2 Å². The molecule has 1 amide bonds. The van der Waals surface area contributed by atoms with Crippen LogP contribution in [0.15, 0.2) is 59.4 Å². The molecule has 0 bridgehead atoms. The summed E-state index contributed by atoms with van der Waals surface area (Å²) in [7, 11) is 0. The fourth-order valence-corrected chi connectivity index (χ4v) is 3.29. The Hall–Kier alpha value is -3.65. The number of ether oxygens (including phenoxy) is 1. The van der Waals surface area contributed by atoms with Crippen molar-refractivity contribution in [1.82, 2.24) is 14.9 Å². The second-order valence-corrected chi connectivity index (χ2v) is 7.69. The van der Waals surface area contributed by atoms with Gasteiger partial charge in [-0.3, -0.25) is 9.48 Å². The molecule has 164 valence electrons. The number of nitrogens with zero attached hydrogens (tertiary/aromatic N) is 3. The van der Waals surface area contributed by atoms with Crippen LogP contribution < -0.4 is 10.1 Å². The summed E-state index contributed by atoms with van der Waals surface area (Å²) in [5.74, 6) is 0.341. The van der Waals surface area contributed by atoms with Crippen LogP contribution >= 0.6 is 11.6 Å². The van der Waals surface area contributed by atoms with Gasteiger partial charge in [-0.25, -0.2) is 4.39 Å². The number of carbonyl (C=O) groups excluding carboxylic acids is 1. The van der Waals surface area contributed by atoms with Crippen molar-refractivity contribution in [3.05, 3.63) is 93.8 Å². The predicted molar refractivity (Wildman–Crippen MR) is 117 cm³/mol. The van der Waals surface area contributed by atoms with E-state index < -0.39 is 11.7 Å². The van der Waals surface area contributed by atoms with Gasteiger partial charge < -0.3 is 14.6 Å². The van der Waals surface area contributed by atoms with E-state index in [-0.39, 0.29) is 12.3 Å². The number of rotatable bonds is 7. The summed E-state index contributed by atoms with van der Waals surface area (Å²) in [4.78, 5) is 12.8. The lowest BCUT2D eigenvalue weighted by atomic mass is 10.2. The van der Waals surface area contributed by atoms with Gasteiger partial charge in [0.1, 0.15) is 23.9 Å². The van der Waals surface area contributed by atoms with Crippen LogP contribution in [0.2, 0.25) is 5.02 Å². The van der Waals surface area contributed by atoms with Gasteiger partial charge in [-0.1, -0.05) is 40.5 Å². The Morgan fingerprint density at radius 3 is 2.75 bits per heavy atom. The highest BCUT2D eigenvalue weighted by Gasteiger charge is 2.21. The average molecular weight is 455 g/mol. The highest BCUT2D eigenvalue weighted by molar-refractivity contribution is 6.31. The van der Waals surface area contributed by atoms with E-state index in [2.05, 4.69) is 15.6 Å². The lowest BCUT2D eigenvalue weighted by molar-refractivity contribution is 0.101. The minimum absolute atomic E-state index is 0.142. The Bertz CT molecular complexity index is 1250. The highest BCUT2D eigenvalue weighted by Crippen LogP contribution is 2.21. The number of nitrogens with one attached hydrogen (secondary N) is 1. The third-order valence-corrected chi connectivity index (χ3v) is 5.19. The van der Waals surface area contributed by atoms with Gasteiger partial charge in [0.05, 0.1) is 24.0 Å². The van der Waals surface area contributed by atoms with Gasteiger partial charge in [0, 0.05) is 11.2 Å². The van der Waals surface area contributed by atoms with E-state index in [0.29, 0.717) is 39.9 Å². The second-order valence-electron chi connectivity index (χ2n) is 7.28. The van der Waals surface area contributed by atoms with Gasteiger partial charge >= 0.3 is 0 Å². The molecule has 0 fully saturated rings. The molecule has 0 aliphatic rings. The molecule has 0 unspecified atom stereocenters. The largest absolute Gasteiger partial charge is 0.489 e. The summed E-state index contributed by atoms with van der Waals surface area (Å²) in [6.07, 6.45) is 3.15. The molecular weight excluding hydrogens is 435 g/mol. The van der Waals surface area contributed by atoms with Crippen molar-refractivity contribution in [2.24, 2.45) is 0 Å². The van der Waals surface area contributed by atoms with Gasteiger partial charge in [-0.05, 0) is 43.7 Å².